The molecule has 4 nitrogen and oxygen atoms in total. The zero-order valence-electron chi connectivity index (χ0n) is 9.73. The van der Waals surface area contributed by atoms with Crippen LogP contribution < -0.4 is 5.32 Å². The smallest absolute Gasteiger partial charge is 0.251 e. The predicted molar refractivity (Wildman–Crippen MR) is 73.6 cm³/mol. The highest BCUT2D eigenvalue weighted by Gasteiger charge is 2.29. The van der Waals surface area contributed by atoms with Crippen molar-refractivity contribution in [3.63, 3.8) is 0 Å². The molecule has 1 heterocycles. The van der Waals surface area contributed by atoms with Crippen molar-refractivity contribution < 1.29 is 13.2 Å². The van der Waals surface area contributed by atoms with Crippen LogP contribution in [0.2, 0.25) is 0 Å². The standard InChI is InChI=1S/C12H14BrNO3S/c13-7-9-3-1-2-4-11(9)12(15)14-10-5-6-18(16,17)8-10/h1-4,10H,5-8H2,(H,14,15). The van der Waals surface area contributed by atoms with Crippen LogP contribution in [0.1, 0.15) is 22.3 Å². The van der Waals surface area contributed by atoms with Gasteiger partial charge in [-0.1, -0.05) is 34.1 Å². The van der Waals surface area contributed by atoms with Gasteiger partial charge in [0.25, 0.3) is 5.91 Å². The second-order valence-corrected chi connectivity index (χ2v) is 7.15. The van der Waals surface area contributed by atoms with Gasteiger partial charge in [0.15, 0.2) is 9.84 Å². The molecule has 0 bridgehead atoms. The second-order valence-electron chi connectivity index (χ2n) is 4.36. The highest BCUT2D eigenvalue weighted by molar-refractivity contribution is 9.08. The molecule has 1 aromatic carbocycles. The van der Waals surface area contributed by atoms with Crippen molar-refractivity contribution in [2.45, 2.75) is 17.8 Å². The fourth-order valence-corrected chi connectivity index (χ4v) is 4.19. The maximum atomic E-state index is 12.1. The summed E-state index contributed by atoms with van der Waals surface area (Å²) < 4.78 is 22.6. The molecule has 1 fully saturated rings. The van der Waals surface area contributed by atoms with E-state index in [1.807, 2.05) is 12.1 Å². The number of hydrogen-bond donors (Lipinski definition) is 1. The van der Waals surface area contributed by atoms with Crippen molar-refractivity contribution in [3.05, 3.63) is 35.4 Å². The first-order chi connectivity index (χ1) is 8.52. The van der Waals surface area contributed by atoms with Gasteiger partial charge in [-0.3, -0.25) is 4.79 Å². The number of carbonyl (C=O) groups is 1. The Kier molecular flexibility index (Phi) is 4.07. The molecule has 1 N–H and O–H groups in total. The Morgan fingerprint density at radius 2 is 2.11 bits per heavy atom. The molecule has 0 radical (unpaired) electrons. The van der Waals surface area contributed by atoms with Crippen molar-refractivity contribution in [2.75, 3.05) is 11.5 Å². The van der Waals surface area contributed by atoms with Crippen LogP contribution in [0.25, 0.3) is 0 Å². The first-order valence-corrected chi connectivity index (χ1v) is 8.61. The third kappa shape index (κ3) is 3.11. The van der Waals surface area contributed by atoms with Crippen molar-refractivity contribution in [1.29, 1.82) is 0 Å². The van der Waals surface area contributed by atoms with Crippen LogP contribution in [0.5, 0.6) is 0 Å². The molecular weight excluding hydrogens is 318 g/mol. The van der Waals surface area contributed by atoms with Crippen molar-refractivity contribution in [3.8, 4) is 0 Å². The quantitative estimate of drug-likeness (QED) is 0.853. The molecule has 1 atom stereocenters. The highest BCUT2D eigenvalue weighted by Crippen LogP contribution is 2.15. The summed E-state index contributed by atoms with van der Waals surface area (Å²) in [5.41, 5.74) is 1.49. The van der Waals surface area contributed by atoms with Crippen molar-refractivity contribution in [2.24, 2.45) is 0 Å². The summed E-state index contributed by atoms with van der Waals surface area (Å²) in [6.07, 6.45) is 0.505. The van der Waals surface area contributed by atoms with Crippen LogP contribution >= 0.6 is 15.9 Å². The Morgan fingerprint density at radius 1 is 1.39 bits per heavy atom. The van der Waals surface area contributed by atoms with Gasteiger partial charge in [0.05, 0.1) is 11.5 Å². The van der Waals surface area contributed by atoms with E-state index in [0.717, 1.165) is 5.56 Å². The van der Waals surface area contributed by atoms with Crippen molar-refractivity contribution >= 4 is 31.7 Å². The number of benzene rings is 1. The molecule has 0 spiro atoms. The fraction of sp³-hybridized carbons (Fsp3) is 0.417. The lowest BCUT2D eigenvalue weighted by Crippen LogP contribution is -2.36. The summed E-state index contributed by atoms with van der Waals surface area (Å²) in [6, 6.07) is 7.02. The van der Waals surface area contributed by atoms with E-state index in [-0.39, 0.29) is 23.5 Å². The molecule has 1 aliphatic heterocycles. The summed E-state index contributed by atoms with van der Waals surface area (Å²) in [5, 5.41) is 3.38. The number of hydrogen-bond acceptors (Lipinski definition) is 3. The average Bonchev–Trinajstić information content (AvgIpc) is 2.68. The Labute approximate surface area is 115 Å². The largest absolute Gasteiger partial charge is 0.348 e. The molecule has 1 unspecified atom stereocenters. The lowest BCUT2D eigenvalue weighted by Gasteiger charge is -2.12. The lowest BCUT2D eigenvalue weighted by atomic mass is 10.1. The molecule has 2 rings (SSSR count). The third-order valence-corrected chi connectivity index (χ3v) is 5.35. The summed E-state index contributed by atoms with van der Waals surface area (Å²) in [7, 11) is -2.96. The monoisotopic (exact) mass is 331 g/mol. The van der Waals surface area contributed by atoms with Gasteiger partial charge < -0.3 is 5.32 Å². The molecule has 18 heavy (non-hydrogen) atoms. The van der Waals surface area contributed by atoms with Gasteiger partial charge in [0, 0.05) is 16.9 Å². The van der Waals surface area contributed by atoms with E-state index in [1.165, 1.54) is 0 Å². The number of nitrogens with one attached hydrogen (secondary N) is 1. The number of alkyl halides is 1. The van der Waals surface area contributed by atoms with Crippen LogP contribution in [0.4, 0.5) is 0 Å². The maximum Gasteiger partial charge on any atom is 0.251 e. The number of halogens is 1. The zero-order valence-corrected chi connectivity index (χ0v) is 12.1. The average molecular weight is 332 g/mol. The summed E-state index contributed by atoms with van der Waals surface area (Å²) in [5.74, 6) is 0.0138. The molecule has 98 valence electrons. The van der Waals surface area contributed by atoms with Gasteiger partial charge in [0.2, 0.25) is 0 Å². The van der Waals surface area contributed by atoms with Gasteiger partial charge in [0.1, 0.15) is 0 Å². The summed E-state index contributed by atoms with van der Waals surface area (Å²) >= 11 is 3.33. The van der Waals surface area contributed by atoms with Gasteiger partial charge in [-0.05, 0) is 18.1 Å². The molecule has 0 aromatic heterocycles. The Hall–Kier alpha value is -0.880. The highest BCUT2D eigenvalue weighted by atomic mass is 79.9. The topological polar surface area (TPSA) is 63.2 Å². The number of amides is 1. The van der Waals surface area contributed by atoms with E-state index in [1.54, 1.807) is 12.1 Å². The van der Waals surface area contributed by atoms with Crippen LogP contribution in [0, 0.1) is 0 Å². The summed E-state index contributed by atoms with van der Waals surface area (Å²) in [6.45, 7) is 0. The summed E-state index contributed by atoms with van der Waals surface area (Å²) in [4.78, 5) is 12.1. The first kappa shape index (κ1) is 13.5. The maximum absolute atomic E-state index is 12.1. The van der Waals surface area contributed by atoms with E-state index < -0.39 is 9.84 Å². The number of rotatable bonds is 3. The van der Waals surface area contributed by atoms with Gasteiger partial charge in [-0.25, -0.2) is 8.42 Å². The van der Waals surface area contributed by atoms with Crippen LogP contribution in [0.15, 0.2) is 24.3 Å². The Bertz CT molecular complexity index is 556. The van der Waals surface area contributed by atoms with E-state index in [0.29, 0.717) is 17.3 Å². The number of sulfone groups is 1. The number of carbonyl (C=O) groups excluding carboxylic acids is 1. The minimum Gasteiger partial charge on any atom is -0.348 e. The van der Waals surface area contributed by atoms with Crippen LogP contribution in [0.3, 0.4) is 0 Å². The molecule has 1 amide bonds. The van der Waals surface area contributed by atoms with Gasteiger partial charge in [-0.2, -0.15) is 0 Å². The predicted octanol–water partition coefficient (Wildman–Crippen LogP) is 1.50. The van der Waals surface area contributed by atoms with E-state index in [4.69, 9.17) is 0 Å². The molecule has 1 saturated heterocycles. The van der Waals surface area contributed by atoms with Crippen LogP contribution in [-0.4, -0.2) is 31.9 Å². The van der Waals surface area contributed by atoms with E-state index in [2.05, 4.69) is 21.2 Å². The molecule has 1 aliphatic rings. The van der Waals surface area contributed by atoms with Crippen molar-refractivity contribution in [1.82, 2.24) is 5.32 Å². The molecule has 6 heteroatoms. The first-order valence-electron chi connectivity index (χ1n) is 5.67. The van der Waals surface area contributed by atoms with Gasteiger partial charge >= 0.3 is 0 Å². The van der Waals surface area contributed by atoms with E-state index in [9.17, 15) is 13.2 Å². The van der Waals surface area contributed by atoms with Gasteiger partial charge in [-0.15, -0.1) is 0 Å². The van der Waals surface area contributed by atoms with Crippen LogP contribution in [-0.2, 0) is 15.2 Å². The molecule has 0 saturated carbocycles. The van der Waals surface area contributed by atoms with E-state index >= 15 is 0 Å². The normalized spacial score (nSPS) is 21.7. The lowest BCUT2D eigenvalue weighted by molar-refractivity contribution is 0.0940. The zero-order chi connectivity index (χ0) is 13.2. The Morgan fingerprint density at radius 3 is 2.72 bits per heavy atom. The SMILES string of the molecule is O=C(NC1CCS(=O)(=O)C1)c1ccccc1CBr. The minimum absolute atomic E-state index is 0.0508. The molecular formula is C12H14BrNO3S. The second kappa shape index (κ2) is 5.40. The minimum atomic E-state index is -2.96. The third-order valence-electron chi connectivity index (χ3n) is 2.97. The fourth-order valence-electron chi connectivity index (χ4n) is 2.03. The Balaban J connectivity index is 2.09. The molecule has 1 aromatic rings. The molecule has 0 aliphatic carbocycles.